The average Bonchev–Trinajstić information content (AvgIpc) is 3.00. The van der Waals surface area contributed by atoms with Gasteiger partial charge in [0.15, 0.2) is 0 Å². The second-order valence-corrected chi connectivity index (χ2v) is 4.36. The highest BCUT2D eigenvalue weighted by Crippen LogP contribution is 2.21. The minimum atomic E-state index is 0.383. The maximum Gasteiger partial charge on any atom is 0.111 e. The predicted octanol–water partition coefficient (Wildman–Crippen LogP) is 2.21. The number of pyridine rings is 1. The van der Waals surface area contributed by atoms with Crippen molar-refractivity contribution in [1.29, 1.82) is 0 Å². The Kier molecular flexibility index (Phi) is 2.65. The van der Waals surface area contributed by atoms with Crippen LogP contribution in [0.3, 0.4) is 0 Å². The van der Waals surface area contributed by atoms with Crippen LogP contribution < -0.4 is 0 Å². The maximum absolute atomic E-state index is 5.37. The second-order valence-electron chi connectivity index (χ2n) is 4.36. The molecule has 88 valence electrons. The summed E-state index contributed by atoms with van der Waals surface area (Å²) in [6.45, 7) is 3.59. The molecule has 0 amide bonds. The first kappa shape index (κ1) is 10.5. The molecule has 1 fully saturated rings. The van der Waals surface area contributed by atoms with Gasteiger partial charge in [0.25, 0.3) is 0 Å². The molecule has 1 saturated heterocycles. The fourth-order valence-corrected chi connectivity index (χ4v) is 2.09. The van der Waals surface area contributed by atoms with Gasteiger partial charge in [0.1, 0.15) is 5.69 Å². The summed E-state index contributed by atoms with van der Waals surface area (Å²) in [7, 11) is 0. The van der Waals surface area contributed by atoms with Crippen molar-refractivity contribution in [3.05, 3.63) is 36.2 Å². The first-order valence-corrected chi connectivity index (χ1v) is 5.90. The lowest BCUT2D eigenvalue weighted by Gasteiger charge is -2.07. The Morgan fingerprint density at radius 3 is 3.00 bits per heavy atom. The Morgan fingerprint density at radius 2 is 2.24 bits per heavy atom. The van der Waals surface area contributed by atoms with Crippen molar-refractivity contribution in [1.82, 2.24) is 14.8 Å². The zero-order valence-electron chi connectivity index (χ0n) is 9.84. The molecule has 17 heavy (non-hydrogen) atoms. The number of hydrogen-bond acceptors (Lipinski definition) is 3. The van der Waals surface area contributed by atoms with Crippen molar-refractivity contribution in [3.63, 3.8) is 0 Å². The monoisotopic (exact) mass is 229 g/mol. The Labute approximate surface area is 100 Å². The SMILES string of the molecule is Cc1cccc(-c2ccn([C@@H]3CCOC3)n2)n1. The molecule has 2 aromatic rings. The van der Waals surface area contributed by atoms with Crippen molar-refractivity contribution in [2.24, 2.45) is 0 Å². The van der Waals surface area contributed by atoms with Gasteiger partial charge in [0.05, 0.1) is 18.3 Å². The number of aromatic nitrogens is 3. The van der Waals surface area contributed by atoms with Crippen LogP contribution in [0.2, 0.25) is 0 Å². The van der Waals surface area contributed by atoms with Gasteiger partial charge in [-0.05, 0) is 31.5 Å². The van der Waals surface area contributed by atoms with Crippen LogP contribution in [0.25, 0.3) is 11.4 Å². The zero-order chi connectivity index (χ0) is 11.7. The number of hydrogen-bond donors (Lipinski definition) is 0. The van der Waals surface area contributed by atoms with E-state index in [1.54, 1.807) is 0 Å². The molecule has 0 aromatic carbocycles. The van der Waals surface area contributed by atoms with Gasteiger partial charge in [-0.2, -0.15) is 5.10 Å². The molecule has 0 N–H and O–H groups in total. The molecule has 3 rings (SSSR count). The Hall–Kier alpha value is -1.68. The molecule has 1 atom stereocenters. The quantitative estimate of drug-likeness (QED) is 0.792. The molecule has 0 saturated carbocycles. The van der Waals surface area contributed by atoms with Crippen LogP contribution in [-0.4, -0.2) is 28.0 Å². The first-order chi connectivity index (χ1) is 8.33. The molecule has 4 heteroatoms. The van der Waals surface area contributed by atoms with Crippen LogP contribution in [0.1, 0.15) is 18.2 Å². The van der Waals surface area contributed by atoms with Crippen LogP contribution in [0.5, 0.6) is 0 Å². The second kappa shape index (κ2) is 4.30. The van der Waals surface area contributed by atoms with Gasteiger partial charge < -0.3 is 4.74 Å². The van der Waals surface area contributed by atoms with E-state index in [0.717, 1.165) is 36.7 Å². The van der Waals surface area contributed by atoms with Gasteiger partial charge in [-0.1, -0.05) is 6.07 Å². The topological polar surface area (TPSA) is 39.9 Å². The van der Waals surface area contributed by atoms with Crippen LogP contribution in [-0.2, 0) is 4.74 Å². The van der Waals surface area contributed by atoms with Crippen LogP contribution in [0.15, 0.2) is 30.5 Å². The van der Waals surface area contributed by atoms with E-state index in [1.165, 1.54) is 0 Å². The smallest absolute Gasteiger partial charge is 0.111 e. The molecule has 1 aliphatic rings. The summed E-state index contributed by atoms with van der Waals surface area (Å²) < 4.78 is 7.36. The predicted molar refractivity (Wildman–Crippen MR) is 64.7 cm³/mol. The molecule has 0 spiro atoms. The van der Waals surface area contributed by atoms with Crippen LogP contribution in [0, 0.1) is 6.92 Å². The number of ether oxygens (including phenoxy) is 1. The van der Waals surface area contributed by atoms with E-state index < -0.39 is 0 Å². The Morgan fingerprint density at radius 1 is 1.29 bits per heavy atom. The lowest BCUT2D eigenvalue weighted by atomic mass is 10.2. The van der Waals surface area contributed by atoms with Gasteiger partial charge in [-0.3, -0.25) is 9.67 Å². The molecule has 4 nitrogen and oxygen atoms in total. The lowest BCUT2D eigenvalue weighted by molar-refractivity contribution is 0.184. The summed E-state index contributed by atoms with van der Waals surface area (Å²) in [4.78, 5) is 4.48. The highest BCUT2D eigenvalue weighted by molar-refractivity contribution is 5.53. The fraction of sp³-hybridized carbons (Fsp3) is 0.385. The molecular formula is C13H15N3O. The number of aryl methyl sites for hydroxylation is 1. The minimum Gasteiger partial charge on any atom is -0.379 e. The van der Waals surface area contributed by atoms with Gasteiger partial charge in [0, 0.05) is 18.5 Å². The largest absolute Gasteiger partial charge is 0.379 e. The summed E-state index contributed by atoms with van der Waals surface area (Å²) in [5, 5.41) is 4.58. The summed E-state index contributed by atoms with van der Waals surface area (Å²) in [6.07, 6.45) is 3.06. The molecule has 0 unspecified atom stereocenters. The van der Waals surface area contributed by atoms with Gasteiger partial charge in [-0.15, -0.1) is 0 Å². The van der Waals surface area contributed by atoms with Gasteiger partial charge in [0.2, 0.25) is 0 Å². The number of rotatable bonds is 2. The van der Waals surface area contributed by atoms with E-state index in [2.05, 4.69) is 10.1 Å². The fourth-order valence-electron chi connectivity index (χ4n) is 2.09. The van der Waals surface area contributed by atoms with E-state index in [1.807, 2.05) is 42.1 Å². The molecule has 0 bridgehead atoms. The molecular weight excluding hydrogens is 214 g/mol. The normalized spacial score (nSPS) is 19.7. The average molecular weight is 229 g/mol. The van der Waals surface area contributed by atoms with Crippen molar-refractivity contribution >= 4 is 0 Å². The third-order valence-corrected chi connectivity index (χ3v) is 3.04. The van der Waals surface area contributed by atoms with Crippen LogP contribution >= 0.6 is 0 Å². The highest BCUT2D eigenvalue weighted by Gasteiger charge is 2.18. The van der Waals surface area contributed by atoms with E-state index in [9.17, 15) is 0 Å². The zero-order valence-corrected chi connectivity index (χ0v) is 9.84. The van der Waals surface area contributed by atoms with E-state index >= 15 is 0 Å². The summed E-state index contributed by atoms with van der Waals surface area (Å²) in [5.74, 6) is 0. The third kappa shape index (κ3) is 2.08. The summed E-state index contributed by atoms with van der Waals surface area (Å²) in [5.41, 5.74) is 2.88. The molecule has 1 aliphatic heterocycles. The summed E-state index contributed by atoms with van der Waals surface area (Å²) in [6, 6.07) is 8.39. The minimum absolute atomic E-state index is 0.383. The first-order valence-electron chi connectivity index (χ1n) is 5.90. The van der Waals surface area contributed by atoms with Gasteiger partial charge in [-0.25, -0.2) is 0 Å². The third-order valence-electron chi connectivity index (χ3n) is 3.04. The molecule has 3 heterocycles. The molecule has 0 aliphatic carbocycles. The Bertz CT molecular complexity index is 515. The van der Waals surface area contributed by atoms with Crippen molar-refractivity contribution in [2.75, 3.05) is 13.2 Å². The summed E-state index contributed by atoms with van der Waals surface area (Å²) >= 11 is 0. The van der Waals surface area contributed by atoms with Crippen molar-refractivity contribution in [3.8, 4) is 11.4 Å². The maximum atomic E-state index is 5.37. The van der Waals surface area contributed by atoms with Crippen LogP contribution in [0.4, 0.5) is 0 Å². The van der Waals surface area contributed by atoms with Crippen molar-refractivity contribution < 1.29 is 4.74 Å². The number of nitrogens with zero attached hydrogens (tertiary/aromatic N) is 3. The van der Waals surface area contributed by atoms with E-state index in [-0.39, 0.29) is 0 Å². The lowest BCUT2D eigenvalue weighted by Crippen LogP contribution is -2.09. The molecule has 2 aromatic heterocycles. The standard InChI is InChI=1S/C13H15N3O/c1-10-3-2-4-12(14-10)13-5-7-16(15-13)11-6-8-17-9-11/h2-5,7,11H,6,8-9H2,1H3/t11-/m1/s1. The van der Waals surface area contributed by atoms with Crippen molar-refractivity contribution in [2.45, 2.75) is 19.4 Å². The highest BCUT2D eigenvalue weighted by atomic mass is 16.5. The van der Waals surface area contributed by atoms with Gasteiger partial charge >= 0.3 is 0 Å². The van der Waals surface area contributed by atoms with E-state index in [0.29, 0.717) is 6.04 Å². The Balaban J connectivity index is 1.89. The molecule has 0 radical (unpaired) electrons. The van der Waals surface area contributed by atoms with E-state index in [4.69, 9.17) is 4.74 Å².